The lowest BCUT2D eigenvalue weighted by Gasteiger charge is -2.30. The molecule has 2 atom stereocenters. The molecule has 5 heteroatoms. The number of nitrogens with two attached hydrogens (primary N) is 1. The second kappa shape index (κ2) is 5.33. The molecule has 0 bridgehead atoms. The minimum absolute atomic E-state index is 0.529. The minimum Gasteiger partial charge on any atom is -0.367 e. The first-order valence-corrected chi connectivity index (χ1v) is 7.38. The molecule has 0 amide bonds. The molecule has 4 N–H and O–H groups in total. The summed E-state index contributed by atoms with van der Waals surface area (Å²) in [5.74, 6) is 9.31. The van der Waals surface area contributed by atoms with Crippen molar-refractivity contribution >= 4 is 11.6 Å². The van der Waals surface area contributed by atoms with Crippen LogP contribution in [0.25, 0.3) is 0 Å². The summed E-state index contributed by atoms with van der Waals surface area (Å²) in [7, 11) is 0. The van der Waals surface area contributed by atoms with Crippen molar-refractivity contribution in [2.75, 3.05) is 10.7 Å². The molecule has 2 fully saturated rings. The molecule has 2 saturated carbocycles. The van der Waals surface area contributed by atoms with E-state index < -0.39 is 0 Å². The van der Waals surface area contributed by atoms with Gasteiger partial charge in [-0.1, -0.05) is 19.8 Å². The highest BCUT2D eigenvalue weighted by Crippen LogP contribution is 2.39. The van der Waals surface area contributed by atoms with Crippen LogP contribution in [0.15, 0.2) is 6.07 Å². The molecule has 1 aromatic heterocycles. The molecule has 0 aliphatic heterocycles. The molecule has 5 nitrogen and oxygen atoms in total. The smallest absolute Gasteiger partial charge is 0.145 e. The molecule has 2 unspecified atom stereocenters. The fraction of sp³-hybridized carbons (Fsp3) is 0.714. The summed E-state index contributed by atoms with van der Waals surface area (Å²) >= 11 is 0. The number of aromatic nitrogens is 2. The van der Waals surface area contributed by atoms with Gasteiger partial charge in [-0.15, -0.1) is 0 Å². The number of hydrogen-bond donors (Lipinski definition) is 3. The van der Waals surface area contributed by atoms with Gasteiger partial charge in [0.1, 0.15) is 17.5 Å². The van der Waals surface area contributed by atoms with E-state index in [2.05, 4.69) is 27.6 Å². The molecule has 1 heterocycles. The van der Waals surface area contributed by atoms with Gasteiger partial charge in [0.15, 0.2) is 0 Å². The van der Waals surface area contributed by atoms with Gasteiger partial charge in [0.05, 0.1) is 0 Å². The normalized spacial score (nSPS) is 27.1. The van der Waals surface area contributed by atoms with Crippen molar-refractivity contribution in [2.24, 2.45) is 11.8 Å². The van der Waals surface area contributed by atoms with Crippen LogP contribution in [0.4, 0.5) is 11.6 Å². The van der Waals surface area contributed by atoms with Gasteiger partial charge in [0.2, 0.25) is 0 Å². The minimum atomic E-state index is 0.529. The topological polar surface area (TPSA) is 75.9 Å². The highest BCUT2D eigenvalue weighted by atomic mass is 15.3. The van der Waals surface area contributed by atoms with E-state index in [1.807, 2.05) is 6.07 Å². The first-order valence-electron chi connectivity index (χ1n) is 7.38. The molecule has 0 aromatic carbocycles. The Balaban J connectivity index is 1.77. The third kappa shape index (κ3) is 2.97. The Morgan fingerprint density at radius 2 is 1.84 bits per heavy atom. The predicted molar refractivity (Wildman–Crippen MR) is 76.9 cm³/mol. The maximum absolute atomic E-state index is 5.50. The number of nitrogen functional groups attached to an aromatic ring is 1. The van der Waals surface area contributed by atoms with E-state index >= 15 is 0 Å². The van der Waals surface area contributed by atoms with Gasteiger partial charge in [0.25, 0.3) is 0 Å². The average Bonchev–Trinajstić information content (AvgIpc) is 3.25. The van der Waals surface area contributed by atoms with Crippen LogP contribution in [0.5, 0.6) is 0 Å². The SMILES string of the molecule is CC1CCCCC1Nc1cc(NN)nc(C2CC2)n1. The highest BCUT2D eigenvalue weighted by molar-refractivity contribution is 5.48. The van der Waals surface area contributed by atoms with Crippen LogP contribution in [-0.4, -0.2) is 16.0 Å². The third-order valence-corrected chi connectivity index (χ3v) is 4.28. The molecule has 0 saturated heterocycles. The number of hydrogen-bond acceptors (Lipinski definition) is 5. The zero-order valence-corrected chi connectivity index (χ0v) is 11.5. The van der Waals surface area contributed by atoms with E-state index in [4.69, 9.17) is 5.84 Å². The summed E-state index contributed by atoms with van der Waals surface area (Å²) < 4.78 is 0. The lowest BCUT2D eigenvalue weighted by Crippen LogP contribution is -2.31. The van der Waals surface area contributed by atoms with Crippen LogP contribution < -0.4 is 16.6 Å². The Morgan fingerprint density at radius 3 is 2.53 bits per heavy atom. The second-order valence-corrected chi connectivity index (χ2v) is 5.93. The summed E-state index contributed by atoms with van der Waals surface area (Å²) in [6.07, 6.45) is 7.60. The van der Waals surface area contributed by atoms with Gasteiger partial charge in [-0.25, -0.2) is 15.8 Å². The van der Waals surface area contributed by atoms with E-state index in [-0.39, 0.29) is 0 Å². The third-order valence-electron chi connectivity index (χ3n) is 4.28. The quantitative estimate of drug-likeness (QED) is 0.574. The molecule has 0 radical (unpaired) electrons. The van der Waals surface area contributed by atoms with Crippen LogP contribution in [0.2, 0.25) is 0 Å². The Bertz CT molecular complexity index is 443. The van der Waals surface area contributed by atoms with Crippen molar-refractivity contribution in [1.82, 2.24) is 9.97 Å². The van der Waals surface area contributed by atoms with Crippen LogP contribution in [-0.2, 0) is 0 Å². The number of nitrogens with one attached hydrogen (secondary N) is 2. The lowest BCUT2D eigenvalue weighted by atomic mass is 9.86. The van der Waals surface area contributed by atoms with Crippen molar-refractivity contribution in [3.63, 3.8) is 0 Å². The van der Waals surface area contributed by atoms with Crippen molar-refractivity contribution in [3.8, 4) is 0 Å². The zero-order valence-electron chi connectivity index (χ0n) is 11.5. The van der Waals surface area contributed by atoms with Crippen molar-refractivity contribution in [2.45, 2.75) is 57.4 Å². The fourth-order valence-electron chi connectivity index (χ4n) is 2.86. The molecule has 104 valence electrons. The van der Waals surface area contributed by atoms with E-state index in [0.717, 1.165) is 11.6 Å². The van der Waals surface area contributed by atoms with Gasteiger partial charge in [0, 0.05) is 18.0 Å². The van der Waals surface area contributed by atoms with Crippen molar-refractivity contribution < 1.29 is 0 Å². The molecule has 1 aromatic rings. The molecule has 2 aliphatic carbocycles. The molecule has 0 spiro atoms. The standard InChI is InChI=1S/C14H23N5/c1-9-4-2-3-5-11(9)16-12-8-13(19-15)18-14(17-12)10-6-7-10/h8-11H,2-7,15H2,1H3,(H2,16,17,18,19). The Kier molecular flexibility index (Phi) is 3.55. The number of nitrogens with zero attached hydrogens (tertiary/aromatic N) is 2. The monoisotopic (exact) mass is 261 g/mol. The van der Waals surface area contributed by atoms with Gasteiger partial charge >= 0.3 is 0 Å². The predicted octanol–water partition coefficient (Wildman–Crippen LogP) is 2.63. The Labute approximate surface area is 114 Å². The van der Waals surface area contributed by atoms with E-state index in [0.29, 0.717) is 23.7 Å². The molecular weight excluding hydrogens is 238 g/mol. The van der Waals surface area contributed by atoms with Crippen LogP contribution in [0.3, 0.4) is 0 Å². The number of rotatable bonds is 4. The first kappa shape index (κ1) is 12.7. The highest BCUT2D eigenvalue weighted by Gasteiger charge is 2.28. The maximum atomic E-state index is 5.50. The zero-order chi connectivity index (χ0) is 13.2. The molecule has 3 rings (SSSR count). The molecule has 19 heavy (non-hydrogen) atoms. The van der Waals surface area contributed by atoms with Gasteiger partial charge in [-0.3, -0.25) is 0 Å². The van der Waals surface area contributed by atoms with E-state index in [1.165, 1.54) is 38.5 Å². The molecular formula is C14H23N5. The summed E-state index contributed by atoms with van der Waals surface area (Å²) in [5, 5.41) is 3.58. The van der Waals surface area contributed by atoms with E-state index in [1.54, 1.807) is 0 Å². The first-order chi connectivity index (χ1) is 9.26. The summed E-state index contributed by atoms with van der Waals surface area (Å²) in [6, 6.07) is 2.44. The Morgan fingerprint density at radius 1 is 1.11 bits per heavy atom. The van der Waals surface area contributed by atoms with Gasteiger partial charge in [-0.2, -0.15) is 0 Å². The maximum Gasteiger partial charge on any atom is 0.145 e. The number of anilines is 2. The summed E-state index contributed by atoms with van der Waals surface area (Å²) in [5.41, 5.74) is 2.65. The lowest BCUT2D eigenvalue weighted by molar-refractivity contribution is 0.349. The number of hydrazine groups is 1. The largest absolute Gasteiger partial charge is 0.367 e. The van der Waals surface area contributed by atoms with Gasteiger partial charge in [-0.05, 0) is 31.6 Å². The van der Waals surface area contributed by atoms with Crippen LogP contribution in [0.1, 0.15) is 57.2 Å². The van der Waals surface area contributed by atoms with Crippen molar-refractivity contribution in [1.29, 1.82) is 0 Å². The van der Waals surface area contributed by atoms with Crippen molar-refractivity contribution in [3.05, 3.63) is 11.9 Å². The van der Waals surface area contributed by atoms with E-state index in [9.17, 15) is 0 Å². The van der Waals surface area contributed by atoms with Gasteiger partial charge < -0.3 is 10.7 Å². The Hall–Kier alpha value is -1.36. The van der Waals surface area contributed by atoms with Crippen LogP contribution in [0, 0.1) is 5.92 Å². The summed E-state index contributed by atoms with van der Waals surface area (Å²) in [6.45, 7) is 2.32. The fourth-order valence-corrected chi connectivity index (χ4v) is 2.86. The van der Waals surface area contributed by atoms with Crippen LogP contribution >= 0.6 is 0 Å². The second-order valence-electron chi connectivity index (χ2n) is 5.93. The molecule has 2 aliphatic rings. The average molecular weight is 261 g/mol. The summed E-state index contributed by atoms with van der Waals surface area (Å²) in [4.78, 5) is 9.09.